The molecule has 31 heavy (non-hydrogen) atoms. The van der Waals surface area contributed by atoms with Gasteiger partial charge in [0.15, 0.2) is 6.61 Å². The zero-order valence-corrected chi connectivity index (χ0v) is 16.1. The first-order valence-corrected chi connectivity index (χ1v) is 9.41. The molecule has 0 saturated heterocycles. The number of hydrogen-bond donors (Lipinski definition) is 1. The second-order valence-corrected chi connectivity index (χ2v) is 6.96. The van der Waals surface area contributed by atoms with Crippen molar-refractivity contribution in [2.45, 2.75) is 12.7 Å². The number of fused-ring (bicyclic) bond motifs is 1. The highest BCUT2D eigenvalue weighted by Crippen LogP contribution is 2.33. The first-order chi connectivity index (χ1) is 14.8. The highest BCUT2D eigenvalue weighted by molar-refractivity contribution is 6.04. The third kappa shape index (κ3) is 4.53. The third-order valence-corrected chi connectivity index (χ3v) is 4.84. The fourth-order valence-corrected chi connectivity index (χ4v) is 3.22. The number of carbonyl (C=O) groups is 2. The molecule has 3 aromatic carbocycles. The van der Waals surface area contributed by atoms with Crippen LogP contribution in [0.5, 0.6) is 5.75 Å². The number of ether oxygens (including phenoxy) is 1. The number of carbonyl (C=O) groups excluding carboxylic acids is 2. The highest BCUT2D eigenvalue weighted by Gasteiger charge is 2.30. The van der Waals surface area contributed by atoms with Gasteiger partial charge in [0, 0.05) is 11.3 Å². The van der Waals surface area contributed by atoms with Gasteiger partial charge in [0.1, 0.15) is 5.75 Å². The zero-order chi connectivity index (χ0) is 22.0. The molecule has 0 spiro atoms. The van der Waals surface area contributed by atoms with Crippen LogP contribution in [-0.4, -0.2) is 18.4 Å². The first kappa shape index (κ1) is 20.5. The minimum Gasteiger partial charge on any atom is -0.482 e. The van der Waals surface area contributed by atoms with Crippen LogP contribution in [0.4, 0.5) is 24.5 Å². The Morgan fingerprint density at radius 2 is 1.65 bits per heavy atom. The number of nitrogens with zero attached hydrogens (tertiary/aromatic N) is 1. The highest BCUT2D eigenvalue weighted by atomic mass is 19.4. The molecule has 0 bridgehead atoms. The van der Waals surface area contributed by atoms with Crippen LogP contribution in [0.15, 0.2) is 72.8 Å². The third-order valence-electron chi connectivity index (χ3n) is 4.84. The Hall–Kier alpha value is -3.81. The minimum absolute atomic E-state index is 0.0371. The number of nitrogens with one attached hydrogen (secondary N) is 1. The van der Waals surface area contributed by atoms with Gasteiger partial charge in [-0.25, -0.2) is 0 Å². The molecule has 1 aliphatic rings. The maximum Gasteiger partial charge on any atom is 0.416 e. The van der Waals surface area contributed by atoms with Crippen LogP contribution >= 0.6 is 0 Å². The quantitative estimate of drug-likeness (QED) is 0.647. The molecule has 3 aromatic rings. The van der Waals surface area contributed by atoms with E-state index in [0.29, 0.717) is 23.5 Å². The summed E-state index contributed by atoms with van der Waals surface area (Å²) in [6, 6.07) is 18.2. The Morgan fingerprint density at radius 1 is 0.968 bits per heavy atom. The van der Waals surface area contributed by atoms with Crippen LogP contribution in [0.1, 0.15) is 21.5 Å². The van der Waals surface area contributed by atoms with Gasteiger partial charge >= 0.3 is 6.18 Å². The number of anilines is 2. The molecule has 0 aliphatic carbocycles. The van der Waals surface area contributed by atoms with E-state index in [9.17, 15) is 22.8 Å². The van der Waals surface area contributed by atoms with Gasteiger partial charge in [0.2, 0.25) is 0 Å². The number of benzene rings is 3. The molecule has 0 aromatic heterocycles. The minimum atomic E-state index is -4.43. The van der Waals surface area contributed by atoms with E-state index in [2.05, 4.69) is 5.32 Å². The SMILES string of the molecule is O=C(Nc1ccc(C(F)(F)F)cc1)c1ccc(CN2C(=O)COc3ccccc32)cc1. The molecule has 4 rings (SSSR count). The number of alkyl halides is 3. The van der Waals surface area contributed by atoms with E-state index in [1.54, 1.807) is 41.3 Å². The predicted octanol–water partition coefficient (Wildman–Crippen LogP) is 4.88. The van der Waals surface area contributed by atoms with Gasteiger partial charge in [-0.1, -0.05) is 24.3 Å². The molecule has 0 saturated carbocycles. The summed E-state index contributed by atoms with van der Waals surface area (Å²) < 4.78 is 43.4. The number of halogens is 3. The number of hydrogen-bond acceptors (Lipinski definition) is 3. The Balaban J connectivity index is 1.44. The van der Waals surface area contributed by atoms with Crippen LogP contribution in [0.2, 0.25) is 0 Å². The topological polar surface area (TPSA) is 58.6 Å². The summed E-state index contributed by atoms with van der Waals surface area (Å²) in [7, 11) is 0. The molecular formula is C23H17F3N2O3. The fourth-order valence-electron chi connectivity index (χ4n) is 3.22. The van der Waals surface area contributed by atoms with Crippen LogP contribution in [0.3, 0.4) is 0 Å². The molecule has 2 amide bonds. The lowest BCUT2D eigenvalue weighted by molar-refractivity contribution is -0.137. The Bertz CT molecular complexity index is 1110. The zero-order valence-electron chi connectivity index (χ0n) is 16.1. The Kier molecular flexibility index (Phi) is 5.37. The summed E-state index contributed by atoms with van der Waals surface area (Å²) in [5.74, 6) is 0.0246. The molecule has 0 unspecified atom stereocenters. The monoisotopic (exact) mass is 426 g/mol. The fraction of sp³-hybridized carbons (Fsp3) is 0.130. The van der Waals surface area contributed by atoms with Crippen molar-refractivity contribution in [3.05, 3.63) is 89.5 Å². The van der Waals surface area contributed by atoms with E-state index in [4.69, 9.17) is 4.74 Å². The number of amides is 2. The van der Waals surface area contributed by atoms with Gasteiger partial charge in [-0.3, -0.25) is 9.59 Å². The van der Waals surface area contributed by atoms with E-state index < -0.39 is 17.6 Å². The van der Waals surface area contributed by atoms with E-state index in [0.717, 1.165) is 17.7 Å². The maximum atomic E-state index is 12.6. The van der Waals surface area contributed by atoms with Crippen LogP contribution in [-0.2, 0) is 17.5 Å². The molecule has 0 atom stereocenters. The van der Waals surface area contributed by atoms with E-state index in [-0.39, 0.29) is 18.2 Å². The molecule has 8 heteroatoms. The van der Waals surface area contributed by atoms with Crippen LogP contribution < -0.4 is 15.0 Å². The average Bonchev–Trinajstić information content (AvgIpc) is 2.76. The van der Waals surface area contributed by atoms with Crippen molar-refractivity contribution < 1.29 is 27.5 Å². The summed E-state index contributed by atoms with van der Waals surface area (Å²) in [5.41, 5.74) is 1.32. The van der Waals surface area contributed by atoms with Gasteiger partial charge < -0.3 is 15.0 Å². The van der Waals surface area contributed by atoms with Gasteiger partial charge in [0.25, 0.3) is 11.8 Å². The normalized spacial score (nSPS) is 13.4. The van der Waals surface area contributed by atoms with Crippen molar-refractivity contribution in [3.63, 3.8) is 0 Å². The molecule has 5 nitrogen and oxygen atoms in total. The predicted molar refractivity (Wildman–Crippen MR) is 109 cm³/mol. The van der Waals surface area contributed by atoms with Crippen LogP contribution in [0.25, 0.3) is 0 Å². The van der Waals surface area contributed by atoms with Crippen molar-refractivity contribution >= 4 is 23.2 Å². The van der Waals surface area contributed by atoms with Crippen molar-refractivity contribution in [1.29, 1.82) is 0 Å². The largest absolute Gasteiger partial charge is 0.482 e. The number of para-hydroxylation sites is 2. The van der Waals surface area contributed by atoms with Gasteiger partial charge in [-0.15, -0.1) is 0 Å². The maximum absolute atomic E-state index is 12.6. The first-order valence-electron chi connectivity index (χ1n) is 9.41. The van der Waals surface area contributed by atoms with E-state index in [1.807, 2.05) is 12.1 Å². The number of rotatable bonds is 4. The van der Waals surface area contributed by atoms with E-state index in [1.165, 1.54) is 12.1 Å². The summed E-state index contributed by atoms with van der Waals surface area (Å²) in [5, 5.41) is 2.57. The Morgan fingerprint density at radius 3 is 2.32 bits per heavy atom. The molecule has 0 fully saturated rings. The molecule has 1 heterocycles. The van der Waals surface area contributed by atoms with Gasteiger partial charge in [-0.2, -0.15) is 13.2 Å². The lowest BCUT2D eigenvalue weighted by Gasteiger charge is -2.29. The van der Waals surface area contributed by atoms with E-state index >= 15 is 0 Å². The van der Waals surface area contributed by atoms with Crippen LogP contribution in [0, 0.1) is 0 Å². The second kappa shape index (κ2) is 8.14. The average molecular weight is 426 g/mol. The molecule has 1 N–H and O–H groups in total. The smallest absolute Gasteiger partial charge is 0.416 e. The standard InChI is InChI=1S/C23H17F3N2O3/c24-23(25,26)17-9-11-18(12-10-17)27-22(30)16-7-5-15(6-8-16)13-28-19-3-1-2-4-20(19)31-14-21(28)29/h1-12H,13-14H2,(H,27,30). The van der Waals surface area contributed by atoms with Gasteiger partial charge in [0.05, 0.1) is 17.8 Å². The summed E-state index contributed by atoms with van der Waals surface area (Å²) in [6.45, 7) is 0.282. The summed E-state index contributed by atoms with van der Waals surface area (Å²) in [6.07, 6.45) is -4.43. The lowest BCUT2D eigenvalue weighted by atomic mass is 10.1. The summed E-state index contributed by atoms with van der Waals surface area (Å²) in [4.78, 5) is 26.3. The van der Waals surface area contributed by atoms with Crippen molar-refractivity contribution in [3.8, 4) is 5.75 Å². The Labute approximate surface area is 176 Å². The molecular weight excluding hydrogens is 409 g/mol. The second-order valence-electron chi connectivity index (χ2n) is 6.96. The van der Waals surface area contributed by atoms with Crippen molar-refractivity contribution in [2.75, 3.05) is 16.8 Å². The molecule has 158 valence electrons. The molecule has 1 aliphatic heterocycles. The lowest BCUT2D eigenvalue weighted by Crippen LogP contribution is -2.38. The molecule has 0 radical (unpaired) electrons. The van der Waals surface area contributed by atoms with Crippen molar-refractivity contribution in [2.24, 2.45) is 0 Å². The van der Waals surface area contributed by atoms with Gasteiger partial charge in [-0.05, 0) is 54.1 Å². The van der Waals surface area contributed by atoms with Crippen molar-refractivity contribution in [1.82, 2.24) is 0 Å². The summed E-state index contributed by atoms with van der Waals surface area (Å²) >= 11 is 0.